The van der Waals surface area contributed by atoms with Gasteiger partial charge < -0.3 is 0 Å². The summed E-state index contributed by atoms with van der Waals surface area (Å²) in [6.07, 6.45) is 11.0. The SMILES string of the molecule is Cc1cc[c-]cc1.Cl.Cl.Clc1ccc([CH]=[Zr])cc1.[C-]1=CC=CC1.[c-]1cccc2c1c1c(c3ccccc32)-c2ccccc2C1. The van der Waals surface area contributed by atoms with Gasteiger partial charge in [0.1, 0.15) is 0 Å². The van der Waals surface area contributed by atoms with Gasteiger partial charge in [-0.25, -0.2) is 12.2 Å². The van der Waals surface area contributed by atoms with E-state index in [2.05, 4.69) is 95.6 Å². The normalized spacial score (nSPS) is 11.2. The van der Waals surface area contributed by atoms with Crippen molar-refractivity contribution in [3.05, 3.63) is 179 Å². The predicted octanol–water partition coefficient (Wildman–Crippen LogP) is 11.3. The van der Waals surface area contributed by atoms with E-state index in [9.17, 15) is 0 Å². The number of halogens is 3. The first-order chi connectivity index (χ1) is 20.7. The molecule has 44 heavy (non-hydrogen) atoms. The maximum atomic E-state index is 5.66. The summed E-state index contributed by atoms with van der Waals surface area (Å²) in [6.45, 7) is 2.06. The van der Waals surface area contributed by atoms with Gasteiger partial charge in [0.25, 0.3) is 0 Å². The molecule has 4 heteroatoms. The van der Waals surface area contributed by atoms with E-state index in [1.54, 1.807) is 0 Å². The van der Waals surface area contributed by atoms with Crippen molar-refractivity contribution >= 4 is 61.7 Å². The van der Waals surface area contributed by atoms with Gasteiger partial charge in [0.05, 0.1) is 0 Å². The molecule has 0 bridgehead atoms. The first kappa shape index (κ1) is 35.4. The number of rotatable bonds is 1. The fourth-order valence-corrected chi connectivity index (χ4v) is 5.70. The molecule has 0 aliphatic heterocycles. The molecule has 6 aromatic rings. The number of fused-ring (bicyclic) bond motifs is 8. The Morgan fingerprint density at radius 3 is 2.05 bits per heavy atom. The molecule has 0 saturated carbocycles. The number of hydrogen-bond acceptors (Lipinski definition) is 0. The summed E-state index contributed by atoms with van der Waals surface area (Å²) in [7, 11) is 0. The Morgan fingerprint density at radius 1 is 0.750 bits per heavy atom. The van der Waals surface area contributed by atoms with Crippen LogP contribution in [0.15, 0.2) is 133 Å². The van der Waals surface area contributed by atoms with Crippen LogP contribution in [0.1, 0.15) is 28.7 Å². The van der Waals surface area contributed by atoms with Crippen LogP contribution in [0.3, 0.4) is 0 Å². The molecule has 2 aliphatic rings. The standard InChI is InChI=1S/C21H13.C7H5Cl.C7H7.C5H5.2ClH.Zr/c1-2-8-15-14(7-1)13-20-18-11-4-3-9-16(18)17-10-5-6-12-19(17)21(15)20;1-6-2-4-7(8)5-3-6;1-7-5-3-2-4-6-7;1-2-4-5-3-1;;;/h1-10,12H,13H2;1-5H;3-6H,1H3;1-3H,4H2;2*1H;/q-1;;2*-1;;;. The van der Waals surface area contributed by atoms with Crippen LogP contribution in [0, 0.1) is 25.1 Å². The molecule has 220 valence electrons. The smallest absolute Gasteiger partial charge is 0.0240 e. The van der Waals surface area contributed by atoms with Crippen LogP contribution in [0.2, 0.25) is 5.02 Å². The molecular formula is C40H32Cl3Zr-3. The van der Waals surface area contributed by atoms with E-state index in [-0.39, 0.29) is 24.8 Å². The van der Waals surface area contributed by atoms with Crippen LogP contribution < -0.4 is 0 Å². The van der Waals surface area contributed by atoms with Crippen molar-refractivity contribution < 1.29 is 24.2 Å². The van der Waals surface area contributed by atoms with Crippen molar-refractivity contribution in [3.8, 4) is 11.1 Å². The molecule has 0 spiro atoms. The first-order valence-electron chi connectivity index (χ1n) is 14.0. The van der Waals surface area contributed by atoms with Gasteiger partial charge in [0, 0.05) is 0 Å². The van der Waals surface area contributed by atoms with Crippen LogP contribution in [0.25, 0.3) is 32.7 Å². The molecule has 6 aromatic carbocycles. The maximum Gasteiger partial charge on any atom is -0.0240 e. The van der Waals surface area contributed by atoms with Gasteiger partial charge in [0.2, 0.25) is 0 Å². The minimum atomic E-state index is 0. The molecule has 0 N–H and O–H groups in total. The average Bonchev–Trinajstić information content (AvgIpc) is 3.75. The molecule has 0 saturated heterocycles. The Bertz CT molecular complexity index is 1850. The third-order valence-electron chi connectivity index (χ3n) is 7.11. The third kappa shape index (κ3) is 9.00. The van der Waals surface area contributed by atoms with Crippen molar-refractivity contribution in [2.45, 2.75) is 19.8 Å². The van der Waals surface area contributed by atoms with Crippen LogP contribution in [-0.2, 0) is 30.7 Å². The zero-order valence-electron chi connectivity index (χ0n) is 24.4. The van der Waals surface area contributed by atoms with Crippen molar-refractivity contribution in [1.82, 2.24) is 0 Å². The fraction of sp³-hybridized carbons (Fsp3) is 0.0750. The van der Waals surface area contributed by atoms with Crippen molar-refractivity contribution in [1.29, 1.82) is 0 Å². The predicted molar refractivity (Wildman–Crippen MR) is 191 cm³/mol. The van der Waals surface area contributed by atoms with E-state index in [4.69, 9.17) is 11.6 Å². The van der Waals surface area contributed by atoms with E-state index in [0.29, 0.717) is 0 Å². The largest absolute Gasteiger partial charge is 0.273 e. The van der Waals surface area contributed by atoms with Crippen LogP contribution in [-0.4, -0.2) is 3.71 Å². The van der Waals surface area contributed by atoms with E-state index < -0.39 is 0 Å². The molecule has 8 rings (SSSR count). The number of aryl methyl sites for hydroxylation is 1. The second kappa shape index (κ2) is 18.0. The van der Waals surface area contributed by atoms with Crippen LogP contribution in [0.5, 0.6) is 0 Å². The third-order valence-corrected chi connectivity index (χ3v) is 8.18. The number of allylic oxidation sites excluding steroid dienone is 4. The quantitative estimate of drug-likeness (QED) is 0.118. The summed E-state index contributed by atoms with van der Waals surface area (Å²) >= 11 is 7.08. The molecule has 0 atom stereocenters. The van der Waals surface area contributed by atoms with Gasteiger partial charge in [-0.3, -0.25) is 6.08 Å². The van der Waals surface area contributed by atoms with Crippen molar-refractivity contribution in [3.63, 3.8) is 0 Å². The second-order valence-electron chi connectivity index (χ2n) is 9.97. The molecule has 0 amide bonds. The molecule has 0 aromatic heterocycles. The van der Waals surface area contributed by atoms with E-state index in [0.717, 1.165) is 17.9 Å². The van der Waals surface area contributed by atoms with Gasteiger partial charge in [-0.15, -0.1) is 71.8 Å². The van der Waals surface area contributed by atoms with Gasteiger partial charge in [-0.2, -0.15) is 42.0 Å². The Labute approximate surface area is 293 Å². The minimum absolute atomic E-state index is 0. The van der Waals surface area contributed by atoms with Gasteiger partial charge in [-0.05, 0) is 28.5 Å². The van der Waals surface area contributed by atoms with E-state index in [1.807, 2.05) is 66.7 Å². The average molecular weight is 710 g/mol. The van der Waals surface area contributed by atoms with Gasteiger partial charge in [-0.1, -0.05) is 60.8 Å². The molecule has 0 unspecified atom stereocenters. The zero-order chi connectivity index (χ0) is 29.1. The maximum absolute atomic E-state index is 5.66. The van der Waals surface area contributed by atoms with Gasteiger partial charge >= 0.3 is 74.4 Å². The Balaban J connectivity index is 0.000000191. The first-order valence-corrected chi connectivity index (χ1v) is 15.8. The zero-order valence-corrected chi connectivity index (χ0v) is 29.2. The van der Waals surface area contributed by atoms with E-state index >= 15 is 0 Å². The molecule has 0 fully saturated rings. The van der Waals surface area contributed by atoms with E-state index in [1.165, 1.54) is 79.2 Å². The summed E-state index contributed by atoms with van der Waals surface area (Å²) < 4.78 is 2.13. The number of benzene rings is 6. The summed E-state index contributed by atoms with van der Waals surface area (Å²) in [6, 6.07) is 46.0. The summed E-state index contributed by atoms with van der Waals surface area (Å²) in [5.74, 6) is 0. The van der Waals surface area contributed by atoms with Crippen LogP contribution >= 0.6 is 36.4 Å². The topological polar surface area (TPSA) is 0 Å². The Kier molecular flexibility index (Phi) is 14.5. The van der Waals surface area contributed by atoms with Crippen LogP contribution in [0.4, 0.5) is 0 Å². The second-order valence-corrected chi connectivity index (χ2v) is 11.1. The minimum Gasteiger partial charge on any atom is -0.273 e. The molecule has 0 radical (unpaired) electrons. The van der Waals surface area contributed by atoms with Crippen molar-refractivity contribution in [2.75, 3.05) is 0 Å². The fourth-order valence-electron chi connectivity index (χ4n) is 5.10. The molecule has 0 nitrogen and oxygen atoms in total. The molecule has 2 aliphatic carbocycles. The van der Waals surface area contributed by atoms with Gasteiger partial charge in [0.15, 0.2) is 0 Å². The summed E-state index contributed by atoms with van der Waals surface area (Å²) in [5.41, 5.74) is 8.21. The monoisotopic (exact) mass is 707 g/mol. The molecular weight excluding hydrogens is 678 g/mol. The van der Waals surface area contributed by atoms with Crippen molar-refractivity contribution in [2.24, 2.45) is 0 Å². The Morgan fingerprint density at radius 2 is 1.43 bits per heavy atom. The summed E-state index contributed by atoms with van der Waals surface area (Å²) in [4.78, 5) is 0. The molecule has 0 heterocycles. The number of hydrogen-bond donors (Lipinski definition) is 0. The summed E-state index contributed by atoms with van der Waals surface area (Å²) in [5, 5.41) is 6.10. The Hall–Kier alpha value is -3.06.